The summed E-state index contributed by atoms with van der Waals surface area (Å²) in [6.07, 6.45) is 1.40. The third-order valence-corrected chi connectivity index (χ3v) is 5.91. The molecule has 4 heterocycles. The van der Waals surface area contributed by atoms with Gasteiger partial charge in [0.25, 0.3) is 6.43 Å². The quantitative estimate of drug-likeness (QED) is 0.626. The molecule has 1 N–H and O–H groups in total. The predicted octanol–water partition coefficient (Wildman–Crippen LogP) is 1.75. The van der Waals surface area contributed by atoms with E-state index in [0.717, 1.165) is 6.26 Å². The van der Waals surface area contributed by atoms with Crippen molar-refractivity contribution >= 4 is 21.5 Å². The molecule has 0 radical (unpaired) electrons. The van der Waals surface area contributed by atoms with Crippen molar-refractivity contribution in [2.45, 2.75) is 13.3 Å². The molecule has 0 unspecified atom stereocenters. The van der Waals surface area contributed by atoms with Crippen molar-refractivity contribution < 1.29 is 17.2 Å². The van der Waals surface area contributed by atoms with Gasteiger partial charge in [0, 0.05) is 25.7 Å². The Balaban J connectivity index is 1.59. The van der Waals surface area contributed by atoms with E-state index < -0.39 is 16.4 Å². The van der Waals surface area contributed by atoms with Crippen molar-refractivity contribution in [3.63, 3.8) is 0 Å². The van der Waals surface area contributed by atoms with Crippen LogP contribution in [0.15, 0.2) is 30.7 Å². The molecule has 12 heteroatoms. The Morgan fingerprint density at radius 3 is 2.77 bits per heavy atom. The summed E-state index contributed by atoms with van der Waals surface area (Å²) in [6, 6.07) is 4.50. The molecule has 9 nitrogen and oxygen atoms in total. The Kier molecular flexibility index (Phi) is 5.36. The highest BCUT2D eigenvalue weighted by Gasteiger charge is 2.31. The Hall–Kier alpha value is -2.73. The number of imidazole rings is 1. The Labute approximate surface area is 172 Å². The van der Waals surface area contributed by atoms with Crippen LogP contribution in [0.4, 0.5) is 14.6 Å². The van der Waals surface area contributed by atoms with E-state index in [9.17, 15) is 17.2 Å². The first-order valence-corrected chi connectivity index (χ1v) is 11.3. The number of fused-ring (bicyclic) bond motifs is 1. The van der Waals surface area contributed by atoms with Crippen molar-refractivity contribution in [2.75, 3.05) is 30.8 Å². The van der Waals surface area contributed by atoms with Gasteiger partial charge >= 0.3 is 0 Å². The highest BCUT2D eigenvalue weighted by atomic mass is 32.2. The van der Waals surface area contributed by atoms with E-state index in [1.165, 1.54) is 29.2 Å². The highest BCUT2D eigenvalue weighted by molar-refractivity contribution is 7.88. The minimum Gasteiger partial charge on any atom is -0.356 e. The number of nitrogens with zero attached hydrogens (tertiary/aromatic N) is 6. The number of rotatable bonds is 6. The summed E-state index contributed by atoms with van der Waals surface area (Å²) < 4.78 is 52.8. The molecule has 0 saturated carbocycles. The SMILES string of the molecule is C[C@H]1CN(c2cc(-c3cnc4ccc(C(F)F)nn34)ncn2)C[C@@H]1CNS(C)(=O)=O. The standard InChI is InChI=1S/C18H21F2N7O2S/c1-11-8-26(9-12(11)6-24-30(2,28)29)17-5-14(22-10-23-17)15-7-21-16-4-3-13(18(19)20)25-27(15)16/h3-5,7,10-12,18,24H,6,8-9H2,1-2H3/t11-,12-/m0/s1. The second kappa shape index (κ2) is 7.84. The normalized spacial score (nSPS) is 19.8. The second-order valence-electron chi connectivity index (χ2n) is 7.50. The average molecular weight is 437 g/mol. The summed E-state index contributed by atoms with van der Waals surface area (Å²) in [5.41, 5.74) is 1.09. The van der Waals surface area contributed by atoms with Gasteiger partial charge in [-0.2, -0.15) is 5.10 Å². The molecular weight excluding hydrogens is 416 g/mol. The molecule has 30 heavy (non-hydrogen) atoms. The van der Waals surface area contributed by atoms with Crippen molar-refractivity contribution in [3.05, 3.63) is 36.4 Å². The molecule has 1 saturated heterocycles. The molecule has 3 aromatic rings. The summed E-state index contributed by atoms with van der Waals surface area (Å²) in [6.45, 7) is 3.79. The number of aromatic nitrogens is 5. The maximum Gasteiger partial charge on any atom is 0.282 e. The number of nitrogens with one attached hydrogen (secondary N) is 1. The van der Waals surface area contributed by atoms with Crippen LogP contribution in [0, 0.1) is 11.8 Å². The van der Waals surface area contributed by atoms with Crippen LogP contribution in [-0.4, -0.2) is 58.9 Å². The van der Waals surface area contributed by atoms with Gasteiger partial charge in [0.05, 0.1) is 18.1 Å². The summed E-state index contributed by atoms with van der Waals surface area (Å²) in [7, 11) is -3.25. The second-order valence-corrected chi connectivity index (χ2v) is 9.33. The number of hydrogen-bond acceptors (Lipinski definition) is 7. The lowest BCUT2D eigenvalue weighted by molar-refractivity contribution is 0.144. The van der Waals surface area contributed by atoms with Crippen LogP contribution < -0.4 is 9.62 Å². The van der Waals surface area contributed by atoms with Crippen molar-refractivity contribution in [1.29, 1.82) is 0 Å². The van der Waals surface area contributed by atoms with Gasteiger partial charge in [-0.05, 0) is 24.0 Å². The van der Waals surface area contributed by atoms with Crippen LogP contribution in [0.1, 0.15) is 19.0 Å². The average Bonchev–Trinajstić information content (AvgIpc) is 3.29. The molecule has 0 aromatic carbocycles. The van der Waals surface area contributed by atoms with Crippen LogP contribution in [0.3, 0.4) is 0 Å². The molecule has 1 fully saturated rings. The van der Waals surface area contributed by atoms with Crippen LogP contribution in [-0.2, 0) is 10.0 Å². The molecule has 0 amide bonds. The van der Waals surface area contributed by atoms with Crippen LogP contribution in [0.2, 0.25) is 0 Å². The molecule has 0 bridgehead atoms. The minimum absolute atomic E-state index is 0.143. The Bertz CT molecular complexity index is 1170. The number of hydrogen-bond donors (Lipinski definition) is 1. The van der Waals surface area contributed by atoms with Gasteiger partial charge in [-0.25, -0.2) is 41.4 Å². The van der Waals surface area contributed by atoms with Gasteiger partial charge < -0.3 is 4.90 Å². The van der Waals surface area contributed by atoms with Gasteiger partial charge in [-0.15, -0.1) is 0 Å². The summed E-state index contributed by atoms with van der Waals surface area (Å²) in [5.74, 6) is 1.08. The predicted molar refractivity (Wildman–Crippen MR) is 107 cm³/mol. The maximum absolute atomic E-state index is 13.0. The lowest BCUT2D eigenvalue weighted by atomic mass is 9.99. The van der Waals surface area contributed by atoms with E-state index in [4.69, 9.17) is 0 Å². The zero-order valence-electron chi connectivity index (χ0n) is 16.4. The number of sulfonamides is 1. The maximum atomic E-state index is 13.0. The third-order valence-electron chi connectivity index (χ3n) is 5.22. The van der Waals surface area contributed by atoms with Crippen molar-refractivity contribution in [2.24, 2.45) is 11.8 Å². The fraction of sp³-hybridized carbons (Fsp3) is 0.444. The van der Waals surface area contributed by atoms with E-state index in [1.807, 2.05) is 0 Å². The fourth-order valence-corrected chi connectivity index (χ4v) is 4.10. The van der Waals surface area contributed by atoms with E-state index in [0.29, 0.717) is 42.5 Å². The van der Waals surface area contributed by atoms with Crippen LogP contribution >= 0.6 is 0 Å². The number of halogens is 2. The third kappa shape index (κ3) is 4.24. The number of alkyl halides is 2. The summed E-state index contributed by atoms with van der Waals surface area (Å²) >= 11 is 0. The first-order chi connectivity index (χ1) is 14.2. The summed E-state index contributed by atoms with van der Waals surface area (Å²) in [4.78, 5) is 14.9. The largest absolute Gasteiger partial charge is 0.356 e. The highest BCUT2D eigenvalue weighted by Crippen LogP contribution is 2.29. The lowest BCUT2D eigenvalue weighted by Crippen LogP contribution is -2.31. The molecule has 1 aliphatic heterocycles. The van der Waals surface area contributed by atoms with E-state index in [1.54, 1.807) is 6.07 Å². The zero-order valence-corrected chi connectivity index (χ0v) is 17.2. The molecule has 2 atom stereocenters. The molecule has 1 aliphatic rings. The monoisotopic (exact) mass is 437 g/mol. The fourth-order valence-electron chi connectivity index (χ4n) is 3.58. The smallest absolute Gasteiger partial charge is 0.282 e. The van der Waals surface area contributed by atoms with Crippen molar-refractivity contribution in [1.82, 2.24) is 29.3 Å². The van der Waals surface area contributed by atoms with E-state index >= 15 is 0 Å². The van der Waals surface area contributed by atoms with E-state index in [-0.39, 0.29) is 17.5 Å². The zero-order chi connectivity index (χ0) is 21.5. The topological polar surface area (TPSA) is 105 Å². The minimum atomic E-state index is -3.25. The van der Waals surface area contributed by atoms with E-state index in [2.05, 4.69) is 36.6 Å². The molecule has 0 aliphatic carbocycles. The van der Waals surface area contributed by atoms with Gasteiger partial charge in [0.15, 0.2) is 5.65 Å². The van der Waals surface area contributed by atoms with Gasteiger partial charge in [-0.3, -0.25) is 0 Å². The first kappa shape index (κ1) is 20.5. The lowest BCUT2D eigenvalue weighted by Gasteiger charge is -2.18. The van der Waals surface area contributed by atoms with Crippen molar-refractivity contribution in [3.8, 4) is 11.4 Å². The van der Waals surface area contributed by atoms with Gasteiger partial charge in [-0.1, -0.05) is 6.92 Å². The Morgan fingerprint density at radius 1 is 1.23 bits per heavy atom. The first-order valence-electron chi connectivity index (χ1n) is 9.36. The van der Waals surface area contributed by atoms with Crippen LogP contribution in [0.5, 0.6) is 0 Å². The molecule has 0 spiro atoms. The number of anilines is 1. The molecular formula is C18H21F2N7O2S. The summed E-state index contributed by atoms with van der Waals surface area (Å²) in [5, 5.41) is 3.97. The molecule has 160 valence electrons. The van der Waals surface area contributed by atoms with Gasteiger partial charge in [0.2, 0.25) is 10.0 Å². The van der Waals surface area contributed by atoms with Gasteiger partial charge in [0.1, 0.15) is 23.5 Å². The van der Waals surface area contributed by atoms with Crippen LogP contribution in [0.25, 0.3) is 17.0 Å². The molecule has 3 aromatic heterocycles. The molecule has 4 rings (SSSR count). The Morgan fingerprint density at radius 2 is 2.03 bits per heavy atom.